The van der Waals surface area contributed by atoms with Crippen LogP contribution in [0.25, 0.3) is 10.9 Å². The fourth-order valence-corrected chi connectivity index (χ4v) is 1.53. The quantitative estimate of drug-likeness (QED) is 0.572. The van der Waals surface area contributed by atoms with Crippen LogP contribution < -0.4 is 0 Å². The molecular formula is C15H15N. The second kappa shape index (κ2) is 5.17. The van der Waals surface area contributed by atoms with Gasteiger partial charge in [0.15, 0.2) is 0 Å². The minimum Gasteiger partial charge on any atom is -0.361 e. The third-order valence-corrected chi connectivity index (χ3v) is 2.40. The molecule has 3 aromatic rings. The largest absolute Gasteiger partial charge is 0.361 e. The SMILES string of the molecule is Cc1ccccc1.c1ccc2[nH]ccc2c1. The number of fused-ring (bicyclic) bond motifs is 1. The molecule has 16 heavy (non-hydrogen) atoms. The monoisotopic (exact) mass is 209 g/mol. The number of rotatable bonds is 0. The summed E-state index contributed by atoms with van der Waals surface area (Å²) < 4.78 is 0. The fourth-order valence-electron chi connectivity index (χ4n) is 1.53. The van der Waals surface area contributed by atoms with Gasteiger partial charge in [-0.3, -0.25) is 0 Å². The van der Waals surface area contributed by atoms with Gasteiger partial charge in [0.25, 0.3) is 0 Å². The van der Waals surface area contributed by atoms with E-state index in [0.29, 0.717) is 0 Å². The molecule has 0 spiro atoms. The molecule has 0 aliphatic rings. The summed E-state index contributed by atoms with van der Waals surface area (Å²) in [7, 11) is 0. The normalized spacial score (nSPS) is 9.56. The van der Waals surface area contributed by atoms with E-state index in [9.17, 15) is 0 Å². The molecule has 80 valence electrons. The Bertz CT molecular complexity index is 507. The summed E-state index contributed by atoms with van der Waals surface area (Å²) in [6.45, 7) is 2.08. The second-order valence-electron chi connectivity index (χ2n) is 3.72. The molecule has 1 heteroatoms. The standard InChI is InChI=1S/C8H7N.C7H8/c1-2-4-8-7(3-1)5-6-9-8;1-7-5-3-2-4-6-7/h1-6,9H;2-6H,1H3. The highest BCUT2D eigenvalue weighted by Crippen LogP contribution is 2.09. The first-order valence-corrected chi connectivity index (χ1v) is 5.40. The van der Waals surface area contributed by atoms with E-state index in [1.54, 1.807) is 0 Å². The predicted molar refractivity (Wildman–Crippen MR) is 69.5 cm³/mol. The zero-order chi connectivity index (χ0) is 11.2. The van der Waals surface area contributed by atoms with Crippen molar-refractivity contribution < 1.29 is 0 Å². The molecule has 1 heterocycles. The van der Waals surface area contributed by atoms with Crippen molar-refractivity contribution >= 4 is 10.9 Å². The van der Waals surface area contributed by atoms with Crippen LogP contribution in [0.15, 0.2) is 66.9 Å². The first-order valence-electron chi connectivity index (χ1n) is 5.40. The van der Waals surface area contributed by atoms with E-state index < -0.39 is 0 Å². The smallest absolute Gasteiger partial charge is 0.0453 e. The lowest BCUT2D eigenvalue weighted by atomic mass is 10.2. The van der Waals surface area contributed by atoms with E-state index in [1.807, 2.05) is 36.5 Å². The highest BCUT2D eigenvalue weighted by molar-refractivity contribution is 5.78. The maximum Gasteiger partial charge on any atom is 0.0453 e. The lowest BCUT2D eigenvalue weighted by Crippen LogP contribution is -1.62. The molecule has 0 radical (unpaired) electrons. The molecule has 0 fully saturated rings. The molecule has 0 bridgehead atoms. The number of hydrogen-bond acceptors (Lipinski definition) is 0. The Kier molecular flexibility index (Phi) is 3.39. The van der Waals surface area contributed by atoms with Crippen LogP contribution in [-0.4, -0.2) is 4.98 Å². The van der Waals surface area contributed by atoms with Gasteiger partial charge < -0.3 is 4.98 Å². The Labute approximate surface area is 95.8 Å². The van der Waals surface area contributed by atoms with Crippen molar-refractivity contribution in [3.63, 3.8) is 0 Å². The van der Waals surface area contributed by atoms with Crippen LogP contribution in [0.5, 0.6) is 0 Å². The predicted octanol–water partition coefficient (Wildman–Crippen LogP) is 4.16. The van der Waals surface area contributed by atoms with Gasteiger partial charge >= 0.3 is 0 Å². The fraction of sp³-hybridized carbons (Fsp3) is 0.0667. The Balaban J connectivity index is 0.000000125. The van der Waals surface area contributed by atoms with E-state index in [-0.39, 0.29) is 0 Å². The van der Waals surface area contributed by atoms with Gasteiger partial charge in [0.2, 0.25) is 0 Å². The number of hydrogen-bond donors (Lipinski definition) is 1. The minimum absolute atomic E-state index is 1.21. The van der Waals surface area contributed by atoms with Crippen molar-refractivity contribution in [2.45, 2.75) is 6.92 Å². The minimum atomic E-state index is 1.21. The number of benzene rings is 2. The molecule has 0 amide bonds. The third kappa shape index (κ3) is 2.74. The van der Waals surface area contributed by atoms with Crippen molar-refractivity contribution in [2.24, 2.45) is 0 Å². The number of H-pyrrole nitrogens is 1. The molecule has 1 nitrogen and oxygen atoms in total. The van der Waals surface area contributed by atoms with E-state index in [1.165, 1.54) is 16.5 Å². The summed E-state index contributed by atoms with van der Waals surface area (Å²) in [5.41, 5.74) is 2.53. The summed E-state index contributed by atoms with van der Waals surface area (Å²) in [5.74, 6) is 0. The molecule has 0 unspecified atom stereocenters. The number of aryl methyl sites for hydroxylation is 1. The summed E-state index contributed by atoms with van der Waals surface area (Å²) in [4.78, 5) is 3.12. The Hall–Kier alpha value is -2.02. The molecule has 0 saturated carbocycles. The topological polar surface area (TPSA) is 15.8 Å². The van der Waals surface area contributed by atoms with Gasteiger partial charge in [-0.15, -0.1) is 0 Å². The Morgan fingerprint density at radius 1 is 0.750 bits per heavy atom. The number of aromatic amines is 1. The van der Waals surface area contributed by atoms with Crippen LogP contribution in [0.2, 0.25) is 0 Å². The van der Waals surface area contributed by atoms with E-state index in [4.69, 9.17) is 0 Å². The molecule has 0 saturated heterocycles. The molecule has 1 aromatic heterocycles. The van der Waals surface area contributed by atoms with Crippen molar-refractivity contribution in [1.82, 2.24) is 4.98 Å². The van der Waals surface area contributed by atoms with Gasteiger partial charge in [-0.2, -0.15) is 0 Å². The van der Waals surface area contributed by atoms with Gasteiger partial charge in [-0.05, 0) is 24.4 Å². The third-order valence-electron chi connectivity index (χ3n) is 2.40. The van der Waals surface area contributed by atoms with Crippen LogP contribution in [-0.2, 0) is 0 Å². The molecule has 3 rings (SSSR count). The summed E-state index contributed by atoms with van der Waals surface area (Å²) in [6.07, 6.45) is 1.95. The molecule has 1 N–H and O–H groups in total. The number of para-hydroxylation sites is 1. The van der Waals surface area contributed by atoms with Crippen molar-refractivity contribution in [1.29, 1.82) is 0 Å². The van der Waals surface area contributed by atoms with E-state index >= 15 is 0 Å². The van der Waals surface area contributed by atoms with Crippen LogP contribution >= 0.6 is 0 Å². The molecular weight excluding hydrogens is 194 g/mol. The average Bonchev–Trinajstić information content (AvgIpc) is 2.79. The molecule has 0 aliphatic carbocycles. The van der Waals surface area contributed by atoms with Crippen molar-refractivity contribution in [3.05, 3.63) is 72.4 Å². The van der Waals surface area contributed by atoms with Gasteiger partial charge in [-0.25, -0.2) is 0 Å². The van der Waals surface area contributed by atoms with Crippen LogP contribution in [0, 0.1) is 6.92 Å². The average molecular weight is 209 g/mol. The highest BCUT2D eigenvalue weighted by atomic mass is 14.6. The maximum absolute atomic E-state index is 3.12. The van der Waals surface area contributed by atoms with Crippen LogP contribution in [0.1, 0.15) is 5.56 Å². The summed E-state index contributed by atoms with van der Waals surface area (Å²) >= 11 is 0. The molecule has 0 atom stereocenters. The van der Waals surface area contributed by atoms with Crippen molar-refractivity contribution in [2.75, 3.05) is 0 Å². The van der Waals surface area contributed by atoms with E-state index in [0.717, 1.165) is 0 Å². The zero-order valence-electron chi connectivity index (χ0n) is 9.35. The number of nitrogens with one attached hydrogen (secondary N) is 1. The zero-order valence-corrected chi connectivity index (χ0v) is 9.35. The second-order valence-corrected chi connectivity index (χ2v) is 3.72. The van der Waals surface area contributed by atoms with Gasteiger partial charge in [0.1, 0.15) is 0 Å². The van der Waals surface area contributed by atoms with Gasteiger partial charge in [-0.1, -0.05) is 54.1 Å². The summed E-state index contributed by atoms with van der Waals surface area (Å²) in [5, 5.41) is 1.28. The number of aromatic nitrogens is 1. The first kappa shape index (κ1) is 10.5. The molecule has 0 aliphatic heterocycles. The van der Waals surface area contributed by atoms with Crippen molar-refractivity contribution in [3.8, 4) is 0 Å². The Morgan fingerprint density at radius 2 is 1.44 bits per heavy atom. The van der Waals surface area contributed by atoms with Crippen LogP contribution in [0.3, 0.4) is 0 Å². The highest BCUT2D eigenvalue weighted by Gasteiger charge is 1.86. The van der Waals surface area contributed by atoms with Gasteiger partial charge in [0.05, 0.1) is 0 Å². The maximum atomic E-state index is 3.12. The lowest BCUT2D eigenvalue weighted by Gasteiger charge is -1.83. The van der Waals surface area contributed by atoms with Crippen LogP contribution in [0.4, 0.5) is 0 Å². The Morgan fingerprint density at radius 3 is 2.06 bits per heavy atom. The summed E-state index contributed by atoms with van der Waals surface area (Å²) in [6, 6.07) is 20.5. The first-order chi connectivity index (χ1) is 7.86. The lowest BCUT2D eigenvalue weighted by molar-refractivity contribution is 1.48. The van der Waals surface area contributed by atoms with E-state index in [2.05, 4.69) is 42.2 Å². The molecule has 2 aromatic carbocycles. The van der Waals surface area contributed by atoms with Gasteiger partial charge in [0, 0.05) is 11.7 Å².